The number of anilines is 1. The van der Waals surface area contributed by atoms with Crippen LogP contribution in [0, 0.1) is 13.8 Å². The van der Waals surface area contributed by atoms with E-state index in [1.165, 1.54) is 6.92 Å². The molecule has 6 heteroatoms. The molecule has 0 saturated carbocycles. The van der Waals surface area contributed by atoms with Crippen LogP contribution in [0.5, 0.6) is 0 Å². The van der Waals surface area contributed by atoms with E-state index in [1.54, 1.807) is 24.3 Å². The maximum atomic E-state index is 12.2. The molecule has 2 aromatic carbocycles. The molecule has 138 valence electrons. The van der Waals surface area contributed by atoms with E-state index in [0.717, 1.165) is 22.6 Å². The van der Waals surface area contributed by atoms with Crippen LogP contribution >= 0.6 is 0 Å². The lowest BCUT2D eigenvalue weighted by atomic mass is 10.1. The summed E-state index contributed by atoms with van der Waals surface area (Å²) < 4.78 is 1.88. The Bertz CT molecular complexity index is 977. The summed E-state index contributed by atoms with van der Waals surface area (Å²) in [5, 5.41) is 10.2. The van der Waals surface area contributed by atoms with Gasteiger partial charge in [-0.3, -0.25) is 4.79 Å². The number of hydrogen-bond donors (Lipinski definition) is 2. The van der Waals surface area contributed by atoms with E-state index < -0.39 is 0 Å². The number of Topliss-reactive ketones (excluding diaryl/α,β-unsaturated/α-hetero) is 1. The fourth-order valence-electron chi connectivity index (χ4n) is 2.91. The number of amides is 2. The molecule has 1 aromatic heterocycles. The summed E-state index contributed by atoms with van der Waals surface area (Å²) in [6.07, 6.45) is 0. The van der Waals surface area contributed by atoms with Gasteiger partial charge in [0.2, 0.25) is 0 Å². The van der Waals surface area contributed by atoms with Gasteiger partial charge in [-0.2, -0.15) is 5.10 Å². The van der Waals surface area contributed by atoms with Gasteiger partial charge in [0, 0.05) is 29.1 Å². The minimum atomic E-state index is -0.332. The number of para-hydroxylation sites is 1. The van der Waals surface area contributed by atoms with Crippen LogP contribution in [0.15, 0.2) is 54.6 Å². The summed E-state index contributed by atoms with van der Waals surface area (Å²) in [7, 11) is 0. The number of nitrogens with one attached hydrogen (secondary N) is 2. The van der Waals surface area contributed by atoms with Crippen molar-refractivity contribution in [3.05, 3.63) is 77.1 Å². The summed E-state index contributed by atoms with van der Waals surface area (Å²) >= 11 is 0. The van der Waals surface area contributed by atoms with Gasteiger partial charge < -0.3 is 10.6 Å². The van der Waals surface area contributed by atoms with Gasteiger partial charge in [-0.1, -0.05) is 30.3 Å². The second kappa shape index (κ2) is 7.86. The number of carbonyl (C=O) groups excluding carboxylic acids is 2. The third kappa shape index (κ3) is 4.23. The van der Waals surface area contributed by atoms with Crippen molar-refractivity contribution in [3.63, 3.8) is 0 Å². The largest absolute Gasteiger partial charge is 0.334 e. The molecule has 0 unspecified atom stereocenters. The number of nitrogens with zero attached hydrogens (tertiary/aromatic N) is 2. The molecule has 3 rings (SSSR count). The van der Waals surface area contributed by atoms with Crippen molar-refractivity contribution in [3.8, 4) is 5.69 Å². The Hall–Kier alpha value is -3.41. The standard InChI is InChI=1S/C21H22N4O2/c1-14-20(15(2)25(24-14)19-10-5-4-6-11-19)13-22-21(27)23-18-9-7-8-17(12-18)16(3)26/h4-12H,13H2,1-3H3,(H2,22,23,27). The monoisotopic (exact) mass is 362 g/mol. The minimum Gasteiger partial charge on any atom is -0.334 e. The van der Waals surface area contributed by atoms with Gasteiger partial charge in [0.15, 0.2) is 5.78 Å². The van der Waals surface area contributed by atoms with E-state index in [1.807, 2.05) is 48.9 Å². The second-order valence-corrected chi connectivity index (χ2v) is 6.34. The number of rotatable bonds is 5. The summed E-state index contributed by atoms with van der Waals surface area (Å²) in [5.41, 5.74) is 4.95. The molecule has 0 radical (unpaired) electrons. The van der Waals surface area contributed by atoms with Crippen LogP contribution in [-0.2, 0) is 6.54 Å². The fraction of sp³-hybridized carbons (Fsp3) is 0.190. The highest BCUT2D eigenvalue weighted by atomic mass is 16.2. The molecule has 0 aliphatic rings. The first-order valence-electron chi connectivity index (χ1n) is 8.72. The molecule has 6 nitrogen and oxygen atoms in total. The molecule has 0 saturated heterocycles. The quantitative estimate of drug-likeness (QED) is 0.673. The molecular weight excluding hydrogens is 340 g/mol. The molecule has 0 atom stereocenters. The van der Waals surface area contributed by atoms with Crippen molar-refractivity contribution in [2.75, 3.05) is 5.32 Å². The molecule has 0 spiro atoms. The Labute approximate surface area is 158 Å². The summed E-state index contributed by atoms with van der Waals surface area (Å²) in [6.45, 7) is 5.77. The lowest BCUT2D eigenvalue weighted by molar-refractivity contribution is 0.101. The maximum Gasteiger partial charge on any atom is 0.319 e. The van der Waals surface area contributed by atoms with Crippen molar-refractivity contribution < 1.29 is 9.59 Å². The Morgan fingerprint density at radius 1 is 1.04 bits per heavy atom. The first-order chi connectivity index (χ1) is 13.0. The number of aryl methyl sites for hydroxylation is 1. The van der Waals surface area contributed by atoms with Crippen LogP contribution in [-0.4, -0.2) is 21.6 Å². The van der Waals surface area contributed by atoms with Crippen molar-refractivity contribution in [1.82, 2.24) is 15.1 Å². The van der Waals surface area contributed by atoms with Crippen molar-refractivity contribution >= 4 is 17.5 Å². The van der Waals surface area contributed by atoms with Crippen LogP contribution in [0.2, 0.25) is 0 Å². The second-order valence-electron chi connectivity index (χ2n) is 6.34. The smallest absolute Gasteiger partial charge is 0.319 e. The summed E-state index contributed by atoms with van der Waals surface area (Å²) in [5.74, 6) is -0.0429. The molecule has 2 amide bonds. The highest BCUT2D eigenvalue weighted by Gasteiger charge is 2.13. The van der Waals surface area contributed by atoms with Gasteiger partial charge in [0.1, 0.15) is 0 Å². The molecule has 2 N–H and O–H groups in total. The SMILES string of the molecule is CC(=O)c1cccc(NC(=O)NCc2c(C)nn(-c3ccccc3)c2C)c1. The number of benzene rings is 2. The van der Waals surface area contributed by atoms with Gasteiger partial charge in [-0.05, 0) is 45.0 Å². The highest BCUT2D eigenvalue weighted by Crippen LogP contribution is 2.18. The summed E-state index contributed by atoms with van der Waals surface area (Å²) in [4.78, 5) is 23.7. The molecule has 1 heterocycles. The third-order valence-electron chi connectivity index (χ3n) is 4.39. The number of ketones is 1. The minimum absolute atomic E-state index is 0.0429. The van der Waals surface area contributed by atoms with Gasteiger partial charge in [0.05, 0.1) is 11.4 Å². The predicted octanol–water partition coefficient (Wildman–Crippen LogP) is 4.01. The van der Waals surface area contributed by atoms with E-state index in [0.29, 0.717) is 17.8 Å². The molecule has 0 fully saturated rings. The number of aromatic nitrogens is 2. The number of carbonyl (C=O) groups is 2. The van der Waals surface area contributed by atoms with E-state index in [-0.39, 0.29) is 11.8 Å². The normalized spacial score (nSPS) is 10.5. The van der Waals surface area contributed by atoms with Crippen molar-refractivity contribution in [2.45, 2.75) is 27.3 Å². The predicted molar refractivity (Wildman–Crippen MR) is 105 cm³/mol. The average Bonchev–Trinajstić information content (AvgIpc) is 2.95. The van der Waals surface area contributed by atoms with E-state index in [2.05, 4.69) is 15.7 Å². The van der Waals surface area contributed by atoms with E-state index >= 15 is 0 Å². The molecule has 27 heavy (non-hydrogen) atoms. The van der Waals surface area contributed by atoms with Crippen LogP contribution in [0.25, 0.3) is 5.69 Å². The zero-order valence-corrected chi connectivity index (χ0v) is 15.6. The van der Waals surface area contributed by atoms with Gasteiger partial charge in [-0.15, -0.1) is 0 Å². The van der Waals surface area contributed by atoms with Crippen molar-refractivity contribution in [2.24, 2.45) is 0 Å². The van der Waals surface area contributed by atoms with Crippen LogP contribution < -0.4 is 10.6 Å². The van der Waals surface area contributed by atoms with Crippen LogP contribution in [0.1, 0.15) is 34.2 Å². The van der Waals surface area contributed by atoms with Gasteiger partial charge in [-0.25, -0.2) is 9.48 Å². The van der Waals surface area contributed by atoms with E-state index in [4.69, 9.17) is 0 Å². The number of hydrogen-bond acceptors (Lipinski definition) is 3. The molecular formula is C21H22N4O2. The molecule has 0 aliphatic carbocycles. The third-order valence-corrected chi connectivity index (χ3v) is 4.39. The maximum absolute atomic E-state index is 12.2. The highest BCUT2D eigenvalue weighted by molar-refractivity contribution is 5.96. The average molecular weight is 362 g/mol. The Morgan fingerprint density at radius 3 is 2.48 bits per heavy atom. The Kier molecular flexibility index (Phi) is 5.35. The number of urea groups is 1. The Morgan fingerprint density at radius 2 is 1.78 bits per heavy atom. The van der Waals surface area contributed by atoms with Crippen LogP contribution in [0.4, 0.5) is 10.5 Å². The first kappa shape index (κ1) is 18.4. The van der Waals surface area contributed by atoms with Crippen LogP contribution in [0.3, 0.4) is 0 Å². The molecule has 0 aliphatic heterocycles. The lowest BCUT2D eigenvalue weighted by Gasteiger charge is -2.09. The van der Waals surface area contributed by atoms with Gasteiger partial charge in [0.25, 0.3) is 0 Å². The topological polar surface area (TPSA) is 76.0 Å². The van der Waals surface area contributed by atoms with E-state index in [9.17, 15) is 9.59 Å². The first-order valence-corrected chi connectivity index (χ1v) is 8.72. The molecule has 0 bridgehead atoms. The molecule has 3 aromatic rings. The van der Waals surface area contributed by atoms with Gasteiger partial charge >= 0.3 is 6.03 Å². The lowest BCUT2D eigenvalue weighted by Crippen LogP contribution is -2.28. The summed E-state index contributed by atoms with van der Waals surface area (Å²) in [6, 6.07) is 16.4. The zero-order chi connectivity index (χ0) is 19.4. The zero-order valence-electron chi connectivity index (χ0n) is 15.6. The Balaban J connectivity index is 1.68. The fourth-order valence-corrected chi connectivity index (χ4v) is 2.91. The van der Waals surface area contributed by atoms with Crippen molar-refractivity contribution in [1.29, 1.82) is 0 Å².